The quantitative estimate of drug-likeness (QED) is 0.790. The molecule has 112 valence electrons. The van der Waals surface area contributed by atoms with Crippen LogP contribution in [0.5, 0.6) is 5.75 Å². The second kappa shape index (κ2) is 6.48. The van der Waals surface area contributed by atoms with Gasteiger partial charge in [0.25, 0.3) is 0 Å². The summed E-state index contributed by atoms with van der Waals surface area (Å²) in [5, 5.41) is 0. The molecular formula is C19H19NO2. The van der Waals surface area contributed by atoms with Gasteiger partial charge in [-0.3, -0.25) is 4.79 Å². The van der Waals surface area contributed by atoms with Crippen molar-refractivity contribution in [2.24, 2.45) is 0 Å². The van der Waals surface area contributed by atoms with Crippen LogP contribution in [-0.4, -0.2) is 24.0 Å². The highest BCUT2D eigenvalue weighted by atomic mass is 16.5. The van der Waals surface area contributed by atoms with Crippen molar-refractivity contribution in [1.82, 2.24) is 4.90 Å². The molecule has 0 N–H and O–H groups in total. The summed E-state index contributed by atoms with van der Waals surface area (Å²) in [4.78, 5) is 13.7. The van der Waals surface area contributed by atoms with E-state index >= 15 is 0 Å². The van der Waals surface area contributed by atoms with Gasteiger partial charge >= 0.3 is 0 Å². The van der Waals surface area contributed by atoms with E-state index in [9.17, 15) is 4.79 Å². The minimum atomic E-state index is 0.190. The monoisotopic (exact) mass is 293 g/mol. The minimum Gasteiger partial charge on any atom is -0.497 e. The Bertz CT molecular complexity index is 662. The van der Waals surface area contributed by atoms with E-state index in [0.717, 1.165) is 11.3 Å². The van der Waals surface area contributed by atoms with Crippen molar-refractivity contribution in [1.29, 1.82) is 0 Å². The number of β-lactam (4-membered cyclic amide) rings is 1. The van der Waals surface area contributed by atoms with Gasteiger partial charge in [-0.1, -0.05) is 54.6 Å². The summed E-state index contributed by atoms with van der Waals surface area (Å²) in [5.74, 6) is 1.06. The highest BCUT2D eigenvalue weighted by Crippen LogP contribution is 2.24. The predicted molar refractivity (Wildman–Crippen MR) is 87.4 cm³/mol. The number of nitrogens with zero attached hydrogens (tertiary/aromatic N) is 1. The van der Waals surface area contributed by atoms with Crippen LogP contribution in [0.3, 0.4) is 0 Å². The average molecular weight is 293 g/mol. The Balaban J connectivity index is 1.64. The first kappa shape index (κ1) is 14.4. The number of carbonyl (C=O) groups is 1. The molecule has 1 heterocycles. The molecule has 2 aromatic rings. The molecule has 3 nitrogen and oxygen atoms in total. The second-order valence-corrected chi connectivity index (χ2v) is 5.41. The predicted octanol–water partition coefficient (Wildman–Crippen LogP) is 3.51. The Labute approximate surface area is 130 Å². The number of hydrogen-bond donors (Lipinski definition) is 0. The third-order valence-electron chi connectivity index (χ3n) is 3.93. The van der Waals surface area contributed by atoms with Crippen LogP contribution in [0, 0.1) is 0 Å². The molecule has 0 radical (unpaired) electrons. The maximum absolute atomic E-state index is 11.8. The van der Waals surface area contributed by atoms with Gasteiger partial charge in [0, 0.05) is 6.54 Å². The number of benzene rings is 2. The van der Waals surface area contributed by atoms with E-state index in [0.29, 0.717) is 13.0 Å². The lowest BCUT2D eigenvalue weighted by atomic mass is 9.99. The van der Waals surface area contributed by atoms with Gasteiger partial charge in [-0.25, -0.2) is 0 Å². The molecule has 0 aliphatic carbocycles. The zero-order chi connectivity index (χ0) is 15.4. The van der Waals surface area contributed by atoms with E-state index in [1.807, 2.05) is 47.4 Å². The van der Waals surface area contributed by atoms with Crippen LogP contribution in [0.25, 0.3) is 6.08 Å². The summed E-state index contributed by atoms with van der Waals surface area (Å²) >= 11 is 0. The molecule has 3 heteroatoms. The lowest BCUT2D eigenvalue weighted by Gasteiger charge is -2.39. The molecule has 1 atom stereocenters. The molecule has 1 amide bonds. The molecule has 1 unspecified atom stereocenters. The number of likely N-dealkylation sites (tertiary alicyclic amines) is 1. The third kappa shape index (κ3) is 3.19. The zero-order valence-electron chi connectivity index (χ0n) is 12.6. The van der Waals surface area contributed by atoms with Gasteiger partial charge in [-0.2, -0.15) is 0 Å². The normalized spacial score (nSPS) is 17.6. The van der Waals surface area contributed by atoms with Crippen LogP contribution < -0.4 is 4.74 Å². The molecular weight excluding hydrogens is 274 g/mol. The number of carbonyl (C=O) groups excluding carboxylic acids is 1. The largest absolute Gasteiger partial charge is 0.497 e. The van der Waals surface area contributed by atoms with Crippen LogP contribution >= 0.6 is 0 Å². The first-order valence-corrected chi connectivity index (χ1v) is 7.42. The fraction of sp³-hybridized carbons (Fsp3) is 0.211. The molecule has 1 saturated heterocycles. The molecule has 0 bridgehead atoms. The molecule has 2 aromatic carbocycles. The summed E-state index contributed by atoms with van der Waals surface area (Å²) < 4.78 is 5.15. The van der Waals surface area contributed by atoms with Crippen molar-refractivity contribution >= 4 is 12.0 Å². The van der Waals surface area contributed by atoms with Crippen LogP contribution in [0.15, 0.2) is 60.7 Å². The van der Waals surface area contributed by atoms with Gasteiger partial charge in [0.05, 0.1) is 19.6 Å². The van der Waals surface area contributed by atoms with Crippen molar-refractivity contribution in [2.75, 3.05) is 7.11 Å². The van der Waals surface area contributed by atoms with Gasteiger partial charge in [-0.05, 0) is 23.3 Å². The third-order valence-corrected chi connectivity index (χ3v) is 3.93. The van der Waals surface area contributed by atoms with Gasteiger partial charge < -0.3 is 9.64 Å². The molecule has 1 aliphatic rings. The first-order valence-electron chi connectivity index (χ1n) is 7.42. The number of hydrogen-bond acceptors (Lipinski definition) is 2. The van der Waals surface area contributed by atoms with Crippen molar-refractivity contribution < 1.29 is 9.53 Å². The Morgan fingerprint density at radius 3 is 2.50 bits per heavy atom. The van der Waals surface area contributed by atoms with Crippen LogP contribution in [0.1, 0.15) is 17.5 Å². The lowest BCUT2D eigenvalue weighted by Crippen LogP contribution is -2.50. The minimum absolute atomic E-state index is 0.190. The Kier molecular flexibility index (Phi) is 4.24. The van der Waals surface area contributed by atoms with Gasteiger partial charge in [0.15, 0.2) is 0 Å². The molecule has 0 aromatic heterocycles. The molecule has 1 fully saturated rings. The van der Waals surface area contributed by atoms with E-state index in [-0.39, 0.29) is 11.9 Å². The van der Waals surface area contributed by atoms with E-state index in [2.05, 4.69) is 24.3 Å². The average Bonchev–Trinajstić information content (AvgIpc) is 2.58. The van der Waals surface area contributed by atoms with Gasteiger partial charge in [-0.15, -0.1) is 0 Å². The molecule has 0 spiro atoms. The first-order chi connectivity index (χ1) is 10.8. The van der Waals surface area contributed by atoms with Crippen LogP contribution in [0.4, 0.5) is 0 Å². The van der Waals surface area contributed by atoms with Gasteiger partial charge in [0.2, 0.25) is 5.91 Å². The van der Waals surface area contributed by atoms with Crippen molar-refractivity contribution in [3.63, 3.8) is 0 Å². The smallest absolute Gasteiger partial charge is 0.225 e. The molecule has 3 rings (SSSR count). The van der Waals surface area contributed by atoms with Crippen molar-refractivity contribution in [3.8, 4) is 5.75 Å². The molecule has 22 heavy (non-hydrogen) atoms. The summed E-state index contributed by atoms with van der Waals surface area (Å²) in [6, 6.07) is 18.2. The van der Waals surface area contributed by atoms with Gasteiger partial charge in [0.1, 0.15) is 5.75 Å². The van der Waals surface area contributed by atoms with E-state index in [1.54, 1.807) is 7.11 Å². The maximum atomic E-state index is 11.8. The molecule has 1 aliphatic heterocycles. The fourth-order valence-corrected chi connectivity index (χ4v) is 2.57. The van der Waals surface area contributed by atoms with E-state index in [1.165, 1.54) is 5.56 Å². The SMILES string of the molecule is COc1ccc(/C=C/C2CC(=O)N2Cc2ccccc2)cc1. The summed E-state index contributed by atoms with van der Waals surface area (Å²) in [6.45, 7) is 0.678. The summed E-state index contributed by atoms with van der Waals surface area (Å²) in [7, 11) is 1.66. The van der Waals surface area contributed by atoms with Crippen LogP contribution in [0.2, 0.25) is 0 Å². The number of rotatable bonds is 5. The maximum Gasteiger partial charge on any atom is 0.225 e. The standard InChI is InChI=1S/C19H19NO2/c1-22-18-11-8-15(9-12-18)7-10-17-13-19(21)20(17)14-16-5-3-2-4-6-16/h2-12,17H,13-14H2,1H3/b10-7+. The summed E-state index contributed by atoms with van der Waals surface area (Å²) in [6.07, 6.45) is 4.76. The van der Waals surface area contributed by atoms with Crippen molar-refractivity contribution in [3.05, 3.63) is 71.8 Å². The fourth-order valence-electron chi connectivity index (χ4n) is 2.57. The molecule has 0 saturated carbocycles. The number of amides is 1. The highest BCUT2D eigenvalue weighted by Gasteiger charge is 2.33. The Hall–Kier alpha value is -2.55. The van der Waals surface area contributed by atoms with E-state index < -0.39 is 0 Å². The Morgan fingerprint density at radius 1 is 1.14 bits per heavy atom. The topological polar surface area (TPSA) is 29.5 Å². The van der Waals surface area contributed by atoms with Crippen LogP contribution in [-0.2, 0) is 11.3 Å². The number of ether oxygens (including phenoxy) is 1. The zero-order valence-corrected chi connectivity index (χ0v) is 12.6. The highest BCUT2D eigenvalue weighted by molar-refractivity contribution is 5.84. The van der Waals surface area contributed by atoms with Crippen molar-refractivity contribution in [2.45, 2.75) is 19.0 Å². The second-order valence-electron chi connectivity index (χ2n) is 5.41. The Morgan fingerprint density at radius 2 is 1.86 bits per heavy atom. The summed E-state index contributed by atoms with van der Waals surface area (Å²) in [5.41, 5.74) is 2.28. The lowest BCUT2D eigenvalue weighted by molar-refractivity contribution is -0.144. The van der Waals surface area contributed by atoms with E-state index in [4.69, 9.17) is 4.74 Å². The number of methoxy groups -OCH3 is 1.